The number of hydrogen-bond acceptors (Lipinski definition) is 4. The largest absolute Gasteiger partial charge is 0.381 e. The van der Waals surface area contributed by atoms with Gasteiger partial charge in [-0.3, -0.25) is 4.72 Å². The lowest BCUT2D eigenvalue weighted by Gasteiger charge is -2.31. The van der Waals surface area contributed by atoms with Gasteiger partial charge in [-0.25, -0.2) is 8.42 Å². The summed E-state index contributed by atoms with van der Waals surface area (Å²) in [5.74, 6) is 0. The van der Waals surface area contributed by atoms with Crippen LogP contribution in [0.2, 0.25) is 0 Å². The SMILES string of the molecule is Cc1c(NS(=O)(=O)c2ccccc2)ccc(Br)c1NC1CCN(C)CC1. The third kappa shape index (κ3) is 4.39. The van der Waals surface area contributed by atoms with E-state index in [0.29, 0.717) is 11.7 Å². The fourth-order valence-electron chi connectivity index (χ4n) is 3.13. The number of anilines is 2. The van der Waals surface area contributed by atoms with Crippen LogP contribution in [0.1, 0.15) is 18.4 Å². The summed E-state index contributed by atoms with van der Waals surface area (Å²) < 4.78 is 28.9. The highest BCUT2D eigenvalue weighted by Gasteiger charge is 2.20. The molecule has 5 nitrogen and oxygen atoms in total. The molecule has 1 fully saturated rings. The quantitative estimate of drug-likeness (QED) is 0.739. The molecule has 0 bridgehead atoms. The van der Waals surface area contributed by atoms with Crippen LogP contribution >= 0.6 is 15.9 Å². The summed E-state index contributed by atoms with van der Waals surface area (Å²) in [6.07, 6.45) is 2.14. The van der Waals surface area contributed by atoms with Crippen LogP contribution in [-0.4, -0.2) is 39.5 Å². The molecule has 0 aliphatic carbocycles. The van der Waals surface area contributed by atoms with E-state index in [1.807, 2.05) is 13.0 Å². The van der Waals surface area contributed by atoms with Crippen LogP contribution in [0.15, 0.2) is 51.8 Å². The average molecular weight is 438 g/mol. The number of benzene rings is 2. The monoisotopic (exact) mass is 437 g/mol. The molecule has 2 aromatic rings. The topological polar surface area (TPSA) is 61.4 Å². The van der Waals surface area contributed by atoms with E-state index >= 15 is 0 Å². The third-order valence-corrected chi connectivity index (χ3v) is 6.82. The highest BCUT2D eigenvalue weighted by Crippen LogP contribution is 2.34. The number of sulfonamides is 1. The fraction of sp³-hybridized carbons (Fsp3) is 0.368. The van der Waals surface area contributed by atoms with Crippen molar-refractivity contribution in [3.05, 3.63) is 52.5 Å². The maximum absolute atomic E-state index is 12.6. The van der Waals surface area contributed by atoms with Gasteiger partial charge in [0.25, 0.3) is 10.0 Å². The Bertz CT molecular complexity index is 864. The number of hydrogen-bond donors (Lipinski definition) is 2. The minimum Gasteiger partial charge on any atom is -0.381 e. The van der Waals surface area contributed by atoms with Gasteiger partial charge in [0, 0.05) is 10.5 Å². The summed E-state index contributed by atoms with van der Waals surface area (Å²) in [7, 11) is -1.47. The molecule has 26 heavy (non-hydrogen) atoms. The summed E-state index contributed by atoms with van der Waals surface area (Å²) >= 11 is 3.59. The molecule has 0 atom stereocenters. The van der Waals surface area contributed by atoms with Gasteiger partial charge in [-0.1, -0.05) is 18.2 Å². The fourth-order valence-corrected chi connectivity index (χ4v) is 4.81. The summed E-state index contributed by atoms with van der Waals surface area (Å²) in [5, 5.41) is 3.60. The number of piperidine rings is 1. The smallest absolute Gasteiger partial charge is 0.261 e. The molecule has 0 unspecified atom stereocenters. The summed E-state index contributed by atoms with van der Waals surface area (Å²) in [6.45, 7) is 4.06. The van der Waals surface area contributed by atoms with E-state index in [1.165, 1.54) is 0 Å². The highest BCUT2D eigenvalue weighted by atomic mass is 79.9. The van der Waals surface area contributed by atoms with Gasteiger partial charge in [0.2, 0.25) is 0 Å². The van der Waals surface area contributed by atoms with Gasteiger partial charge in [0.1, 0.15) is 0 Å². The summed E-state index contributed by atoms with van der Waals surface area (Å²) in [5.41, 5.74) is 2.43. The predicted octanol–water partition coefficient (Wildman–Crippen LogP) is 4.06. The average Bonchev–Trinajstić information content (AvgIpc) is 2.63. The first-order chi connectivity index (χ1) is 12.4. The van der Waals surface area contributed by atoms with Crippen LogP contribution in [0.4, 0.5) is 11.4 Å². The first kappa shape index (κ1) is 19.2. The van der Waals surface area contributed by atoms with Gasteiger partial charge in [0.05, 0.1) is 16.3 Å². The van der Waals surface area contributed by atoms with E-state index in [4.69, 9.17) is 0 Å². The van der Waals surface area contributed by atoms with Gasteiger partial charge in [-0.2, -0.15) is 0 Å². The molecule has 0 radical (unpaired) electrons. The van der Waals surface area contributed by atoms with Crippen molar-refractivity contribution in [2.24, 2.45) is 0 Å². The number of likely N-dealkylation sites (tertiary alicyclic amines) is 1. The Balaban J connectivity index is 1.83. The second-order valence-corrected chi connectivity index (χ2v) is 9.27. The van der Waals surface area contributed by atoms with Crippen molar-refractivity contribution >= 4 is 37.3 Å². The van der Waals surface area contributed by atoms with Crippen molar-refractivity contribution in [2.45, 2.75) is 30.7 Å². The van der Waals surface area contributed by atoms with Gasteiger partial charge in [0.15, 0.2) is 0 Å². The van der Waals surface area contributed by atoms with Gasteiger partial charge >= 0.3 is 0 Å². The van der Waals surface area contributed by atoms with Gasteiger partial charge < -0.3 is 10.2 Å². The lowest BCUT2D eigenvalue weighted by atomic mass is 10.0. The molecule has 0 amide bonds. The van der Waals surface area contributed by atoms with E-state index in [2.05, 4.69) is 37.9 Å². The third-order valence-electron chi connectivity index (χ3n) is 4.78. The second-order valence-electron chi connectivity index (χ2n) is 6.74. The molecule has 0 aromatic heterocycles. The Morgan fingerprint density at radius 2 is 1.73 bits per heavy atom. The van der Waals surface area contributed by atoms with E-state index in [1.54, 1.807) is 36.4 Å². The van der Waals surface area contributed by atoms with Crippen molar-refractivity contribution in [1.29, 1.82) is 0 Å². The molecular weight excluding hydrogens is 414 g/mol. The molecule has 2 N–H and O–H groups in total. The Morgan fingerprint density at radius 3 is 2.38 bits per heavy atom. The van der Waals surface area contributed by atoms with Crippen LogP contribution in [0, 0.1) is 6.92 Å². The van der Waals surface area contributed by atoms with Gasteiger partial charge in [-0.15, -0.1) is 0 Å². The molecular formula is C19H24BrN3O2S. The zero-order valence-electron chi connectivity index (χ0n) is 15.0. The maximum Gasteiger partial charge on any atom is 0.261 e. The summed E-state index contributed by atoms with van der Waals surface area (Å²) in [4.78, 5) is 2.58. The van der Waals surface area contributed by atoms with Crippen molar-refractivity contribution in [2.75, 3.05) is 30.2 Å². The van der Waals surface area contributed by atoms with Crippen LogP contribution < -0.4 is 10.0 Å². The van der Waals surface area contributed by atoms with Crippen molar-refractivity contribution in [3.8, 4) is 0 Å². The number of nitrogens with one attached hydrogen (secondary N) is 2. The molecule has 0 saturated carbocycles. The maximum atomic E-state index is 12.6. The van der Waals surface area contributed by atoms with E-state index in [-0.39, 0.29) is 4.90 Å². The predicted molar refractivity (Wildman–Crippen MR) is 110 cm³/mol. The Morgan fingerprint density at radius 1 is 1.08 bits per heavy atom. The van der Waals surface area contributed by atoms with E-state index in [9.17, 15) is 8.42 Å². The highest BCUT2D eigenvalue weighted by molar-refractivity contribution is 9.10. The molecule has 1 aliphatic heterocycles. The molecule has 1 aliphatic rings. The van der Waals surface area contributed by atoms with Crippen molar-refractivity contribution in [3.63, 3.8) is 0 Å². The first-order valence-electron chi connectivity index (χ1n) is 8.69. The molecule has 140 valence electrons. The molecule has 0 spiro atoms. The minimum atomic E-state index is -3.61. The van der Waals surface area contributed by atoms with E-state index < -0.39 is 10.0 Å². The van der Waals surface area contributed by atoms with Crippen LogP contribution in [-0.2, 0) is 10.0 Å². The van der Waals surface area contributed by atoms with Crippen LogP contribution in [0.5, 0.6) is 0 Å². The zero-order valence-corrected chi connectivity index (χ0v) is 17.4. The molecule has 7 heteroatoms. The minimum absolute atomic E-state index is 0.257. The van der Waals surface area contributed by atoms with Crippen LogP contribution in [0.3, 0.4) is 0 Å². The molecule has 3 rings (SSSR count). The second kappa shape index (κ2) is 7.98. The van der Waals surface area contributed by atoms with Gasteiger partial charge in [-0.05, 0) is 85.7 Å². The Kier molecular flexibility index (Phi) is 5.89. The molecule has 1 saturated heterocycles. The van der Waals surface area contributed by atoms with Crippen molar-refractivity contribution < 1.29 is 8.42 Å². The Hall–Kier alpha value is -1.57. The normalized spacial score (nSPS) is 16.4. The number of nitrogens with zero attached hydrogens (tertiary/aromatic N) is 1. The lowest BCUT2D eigenvalue weighted by Crippen LogP contribution is -2.36. The zero-order chi connectivity index (χ0) is 18.7. The molecule has 1 heterocycles. The Labute approximate surface area is 164 Å². The molecule has 2 aromatic carbocycles. The number of rotatable bonds is 5. The van der Waals surface area contributed by atoms with Crippen molar-refractivity contribution in [1.82, 2.24) is 4.90 Å². The number of halogens is 1. The lowest BCUT2D eigenvalue weighted by molar-refractivity contribution is 0.264. The van der Waals surface area contributed by atoms with Crippen LogP contribution in [0.25, 0.3) is 0 Å². The van der Waals surface area contributed by atoms with E-state index in [0.717, 1.165) is 41.7 Å². The summed E-state index contributed by atoms with van der Waals surface area (Å²) in [6, 6.07) is 12.5. The first-order valence-corrected chi connectivity index (χ1v) is 11.0. The standard InChI is InChI=1S/C19H24BrN3O2S/c1-14-18(22-26(24,25)16-6-4-3-5-7-16)9-8-17(20)19(14)21-15-10-12-23(2)13-11-15/h3-9,15,21-22H,10-13H2,1-2H3.